The van der Waals surface area contributed by atoms with Crippen LogP contribution in [0.25, 0.3) is 0 Å². The molecule has 3 atom stereocenters. The first-order valence-electron chi connectivity index (χ1n) is 10.4. The number of halogens is 2. The number of nitrogens with zero attached hydrogens (tertiary/aromatic N) is 2. The Morgan fingerprint density at radius 2 is 1.56 bits per heavy atom. The predicted octanol–water partition coefficient (Wildman–Crippen LogP) is 5.61. The number of para-hydroxylation sites is 1. The van der Waals surface area contributed by atoms with Gasteiger partial charge in [-0.05, 0) is 47.9 Å². The van der Waals surface area contributed by atoms with Crippen LogP contribution in [0.15, 0.2) is 72.8 Å². The Morgan fingerprint density at radius 1 is 0.844 bits per heavy atom. The molecule has 5 rings (SSSR count). The normalized spacial score (nSPS) is 22.5. The van der Waals surface area contributed by atoms with Gasteiger partial charge in [-0.25, -0.2) is 9.96 Å². The first-order chi connectivity index (χ1) is 15.5. The van der Waals surface area contributed by atoms with Gasteiger partial charge in [-0.1, -0.05) is 72.6 Å². The molecule has 0 saturated carbocycles. The summed E-state index contributed by atoms with van der Waals surface area (Å²) in [5.74, 6) is -1.42. The molecule has 2 saturated heterocycles. The largest absolute Gasteiger partial charge is 0.273 e. The third-order valence-electron chi connectivity index (χ3n) is 6.02. The quantitative estimate of drug-likeness (QED) is 0.469. The van der Waals surface area contributed by atoms with E-state index in [0.29, 0.717) is 10.7 Å². The van der Waals surface area contributed by atoms with E-state index in [0.717, 1.165) is 22.6 Å². The topological polar surface area (TPSA) is 49.9 Å². The highest BCUT2D eigenvalue weighted by atomic mass is 35.5. The van der Waals surface area contributed by atoms with Gasteiger partial charge in [0.1, 0.15) is 5.92 Å². The van der Waals surface area contributed by atoms with E-state index in [-0.39, 0.29) is 10.9 Å². The van der Waals surface area contributed by atoms with Crippen LogP contribution in [0, 0.1) is 5.92 Å². The van der Waals surface area contributed by atoms with Crippen molar-refractivity contribution in [3.8, 4) is 0 Å². The van der Waals surface area contributed by atoms with E-state index in [1.807, 2.05) is 54.6 Å². The molecule has 5 nitrogen and oxygen atoms in total. The Morgan fingerprint density at radius 3 is 2.22 bits per heavy atom. The van der Waals surface area contributed by atoms with Crippen LogP contribution in [0.2, 0.25) is 10.0 Å². The predicted molar refractivity (Wildman–Crippen MR) is 125 cm³/mol. The highest BCUT2D eigenvalue weighted by Crippen LogP contribution is 2.47. The number of hydrogen-bond donors (Lipinski definition) is 0. The molecule has 3 aromatic rings. The van der Waals surface area contributed by atoms with Crippen molar-refractivity contribution in [1.29, 1.82) is 0 Å². The molecular weight excluding hydrogens is 447 g/mol. The Balaban J connectivity index is 1.57. The maximum absolute atomic E-state index is 13.6. The van der Waals surface area contributed by atoms with E-state index in [1.54, 1.807) is 17.2 Å². The van der Waals surface area contributed by atoms with Crippen LogP contribution in [-0.2, 0) is 20.8 Å². The van der Waals surface area contributed by atoms with Gasteiger partial charge >= 0.3 is 0 Å². The second-order valence-corrected chi connectivity index (χ2v) is 8.68. The van der Waals surface area contributed by atoms with Gasteiger partial charge in [-0.3, -0.25) is 14.4 Å². The first kappa shape index (κ1) is 21.0. The van der Waals surface area contributed by atoms with Crippen LogP contribution < -0.4 is 9.96 Å². The molecular formula is C25H20Cl2N2O3. The number of aryl methyl sites for hydroxylation is 1. The number of hydroxylamine groups is 1. The molecule has 2 heterocycles. The summed E-state index contributed by atoms with van der Waals surface area (Å²) in [6.07, 6.45) is -0.00804. The molecule has 7 heteroatoms. The van der Waals surface area contributed by atoms with Gasteiger partial charge in [0.25, 0.3) is 5.91 Å². The van der Waals surface area contributed by atoms with Crippen molar-refractivity contribution in [3.63, 3.8) is 0 Å². The number of imide groups is 1. The lowest BCUT2D eigenvalue weighted by Crippen LogP contribution is -2.37. The molecule has 2 aliphatic rings. The Labute approximate surface area is 196 Å². The number of anilines is 2. The SMILES string of the molecule is CCc1ccc([C@@H]2[C@@H]3C(=O)N(c4ccc(Cl)c(Cl)c4)C(=O)[C@H]3ON2c2ccccc2)cc1. The van der Waals surface area contributed by atoms with Crippen molar-refractivity contribution in [2.45, 2.75) is 25.5 Å². The van der Waals surface area contributed by atoms with E-state index in [1.165, 1.54) is 11.6 Å². The maximum atomic E-state index is 13.6. The Hall–Kier alpha value is -2.86. The highest BCUT2D eigenvalue weighted by Gasteiger charge is 2.60. The van der Waals surface area contributed by atoms with Crippen LogP contribution in [0.3, 0.4) is 0 Å². The summed E-state index contributed by atoms with van der Waals surface area (Å²) in [5, 5.41) is 2.33. The van der Waals surface area contributed by atoms with Crippen molar-refractivity contribution < 1.29 is 14.4 Å². The van der Waals surface area contributed by atoms with Gasteiger partial charge < -0.3 is 0 Å². The lowest BCUT2D eigenvalue weighted by atomic mass is 9.90. The standard InChI is InChI=1S/C25H20Cl2N2O3/c1-2-15-8-10-16(11-9-15)22-21-23(32-29(22)17-6-4-3-5-7-17)25(31)28(24(21)30)18-12-13-19(26)20(27)14-18/h3-14,21-23H,2H2,1H3/t21-,22+,23-/m0/s1. The number of fused-ring (bicyclic) bond motifs is 1. The number of hydrogen-bond acceptors (Lipinski definition) is 4. The summed E-state index contributed by atoms with van der Waals surface area (Å²) in [6.45, 7) is 2.09. The Kier molecular flexibility index (Phi) is 5.41. The van der Waals surface area contributed by atoms with Gasteiger partial charge in [0.2, 0.25) is 5.91 Å². The summed E-state index contributed by atoms with van der Waals surface area (Å²) in [7, 11) is 0. The molecule has 0 N–H and O–H groups in total. The fourth-order valence-electron chi connectivity index (χ4n) is 4.38. The average Bonchev–Trinajstić information content (AvgIpc) is 3.32. The maximum Gasteiger partial charge on any atom is 0.266 e. The monoisotopic (exact) mass is 466 g/mol. The summed E-state index contributed by atoms with van der Waals surface area (Å²) in [4.78, 5) is 34.2. The third kappa shape index (κ3) is 3.37. The third-order valence-corrected chi connectivity index (χ3v) is 6.76. The zero-order valence-electron chi connectivity index (χ0n) is 17.2. The minimum absolute atomic E-state index is 0.278. The molecule has 0 aliphatic carbocycles. The van der Waals surface area contributed by atoms with Gasteiger partial charge in [0.15, 0.2) is 6.10 Å². The van der Waals surface area contributed by atoms with E-state index in [4.69, 9.17) is 28.0 Å². The molecule has 2 amide bonds. The molecule has 0 radical (unpaired) electrons. The fourth-order valence-corrected chi connectivity index (χ4v) is 4.67. The van der Waals surface area contributed by atoms with Crippen molar-refractivity contribution in [2.24, 2.45) is 5.92 Å². The molecule has 2 aliphatic heterocycles. The molecule has 0 spiro atoms. The van der Waals surface area contributed by atoms with E-state index >= 15 is 0 Å². The van der Waals surface area contributed by atoms with Crippen molar-refractivity contribution in [1.82, 2.24) is 0 Å². The molecule has 0 bridgehead atoms. The second kappa shape index (κ2) is 8.24. The molecule has 32 heavy (non-hydrogen) atoms. The van der Waals surface area contributed by atoms with Crippen molar-refractivity contribution >= 4 is 46.4 Å². The first-order valence-corrected chi connectivity index (χ1v) is 11.2. The summed E-state index contributed by atoms with van der Waals surface area (Å²) >= 11 is 12.2. The number of rotatable bonds is 4. The number of carbonyl (C=O) groups is 2. The summed E-state index contributed by atoms with van der Waals surface area (Å²) in [6, 6.07) is 21.9. The van der Waals surface area contributed by atoms with E-state index < -0.39 is 24.0 Å². The minimum atomic E-state index is -0.923. The van der Waals surface area contributed by atoms with Crippen LogP contribution in [0.5, 0.6) is 0 Å². The fraction of sp³-hybridized carbons (Fsp3) is 0.200. The number of amides is 2. The van der Waals surface area contributed by atoms with Crippen LogP contribution in [0.4, 0.5) is 11.4 Å². The minimum Gasteiger partial charge on any atom is -0.273 e. The van der Waals surface area contributed by atoms with E-state index in [2.05, 4.69) is 6.92 Å². The van der Waals surface area contributed by atoms with Gasteiger partial charge in [-0.2, -0.15) is 0 Å². The van der Waals surface area contributed by atoms with Gasteiger partial charge in [0, 0.05) is 0 Å². The second-order valence-electron chi connectivity index (χ2n) is 7.86. The zero-order chi connectivity index (χ0) is 22.4. The molecule has 0 aromatic heterocycles. The number of benzene rings is 3. The molecule has 0 unspecified atom stereocenters. The lowest BCUT2D eigenvalue weighted by Gasteiger charge is -2.29. The molecule has 2 fully saturated rings. The zero-order valence-corrected chi connectivity index (χ0v) is 18.8. The van der Waals surface area contributed by atoms with Crippen LogP contribution >= 0.6 is 23.2 Å². The molecule has 162 valence electrons. The molecule has 3 aromatic carbocycles. The lowest BCUT2D eigenvalue weighted by molar-refractivity contribution is -0.126. The average molecular weight is 467 g/mol. The Bertz CT molecular complexity index is 1180. The van der Waals surface area contributed by atoms with Gasteiger partial charge in [0.05, 0.1) is 27.5 Å². The van der Waals surface area contributed by atoms with E-state index in [9.17, 15) is 9.59 Å². The number of carbonyl (C=O) groups excluding carboxylic acids is 2. The van der Waals surface area contributed by atoms with Crippen molar-refractivity contribution in [2.75, 3.05) is 9.96 Å². The van der Waals surface area contributed by atoms with Gasteiger partial charge in [-0.15, -0.1) is 0 Å². The van der Waals surface area contributed by atoms with Crippen LogP contribution in [0.1, 0.15) is 24.1 Å². The smallest absolute Gasteiger partial charge is 0.266 e. The highest BCUT2D eigenvalue weighted by molar-refractivity contribution is 6.42. The van der Waals surface area contributed by atoms with Crippen LogP contribution in [-0.4, -0.2) is 17.9 Å². The summed E-state index contributed by atoms with van der Waals surface area (Å²) < 4.78 is 0. The summed E-state index contributed by atoms with van der Waals surface area (Å²) in [5.41, 5.74) is 3.28. The van der Waals surface area contributed by atoms with Crippen molar-refractivity contribution in [3.05, 3.63) is 94.0 Å².